The molecule has 0 N–H and O–H groups in total. The number of nitrogens with zero attached hydrogens (tertiary/aromatic N) is 1. The third-order valence-electron chi connectivity index (χ3n) is 4.54. The van der Waals surface area contributed by atoms with Crippen LogP contribution in [0.5, 0.6) is 0 Å². The molecule has 2 saturated heterocycles. The maximum absolute atomic E-state index is 11.6. The predicted octanol–water partition coefficient (Wildman–Crippen LogP) is 1.71. The van der Waals surface area contributed by atoms with E-state index >= 15 is 0 Å². The number of rotatable bonds is 2. The summed E-state index contributed by atoms with van der Waals surface area (Å²) in [4.78, 5) is 14.1. The molecule has 3 heteroatoms. The summed E-state index contributed by atoms with van der Waals surface area (Å²) in [7, 11) is 0. The van der Waals surface area contributed by atoms with Crippen LogP contribution in [-0.4, -0.2) is 42.5 Å². The van der Waals surface area contributed by atoms with E-state index < -0.39 is 0 Å². The largest absolute Gasteiger partial charge is 0.381 e. The van der Waals surface area contributed by atoms with E-state index in [2.05, 4.69) is 25.7 Å². The van der Waals surface area contributed by atoms with Crippen LogP contribution in [0.2, 0.25) is 0 Å². The molecule has 2 aliphatic rings. The molecule has 2 heterocycles. The van der Waals surface area contributed by atoms with E-state index in [-0.39, 0.29) is 5.92 Å². The van der Waals surface area contributed by atoms with Crippen LogP contribution in [0.25, 0.3) is 0 Å². The van der Waals surface area contributed by atoms with Crippen molar-refractivity contribution in [1.29, 1.82) is 0 Å². The van der Waals surface area contributed by atoms with Crippen LogP contribution in [0, 0.1) is 11.8 Å². The van der Waals surface area contributed by atoms with Crippen LogP contribution in [0.15, 0.2) is 0 Å². The van der Waals surface area contributed by atoms with Crippen LogP contribution < -0.4 is 0 Å². The highest BCUT2D eigenvalue weighted by Crippen LogP contribution is 2.28. The Morgan fingerprint density at radius 1 is 1.44 bits per heavy atom. The highest BCUT2D eigenvalue weighted by Gasteiger charge is 2.36. The Kier molecular flexibility index (Phi) is 3.65. The second-order valence-corrected chi connectivity index (χ2v) is 5.35. The highest BCUT2D eigenvalue weighted by atomic mass is 16.5. The first-order valence-corrected chi connectivity index (χ1v) is 6.47. The molecule has 2 rings (SSSR count). The van der Waals surface area contributed by atoms with E-state index in [1.165, 1.54) is 6.42 Å². The van der Waals surface area contributed by atoms with Crippen molar-refractivity contribution >= 4 is 5.78 Å². The van der Waals surface area contributed by atoms with Crippen molar-refractivity contribution in [1.82, 2.24) is 4.90 Å². The molecule has 4 atom stereocenters. The van der Waals surface area contributed by atoms with Gasteiger partial charge in [-0.05, 0) is 26.2 Å². The van der Waals surface area contributed by atoms with Crippen molar-refractivity contribution < 1.29 is 9.53 Å². The molecule has 0 aromatic carbocycles. The number of ether oxygens (including phenoxy) is 1. The second kappa shape index (κ2) is 4.84. The highest BCUT2D eigenvalue weighted by molar-refractivity contribution is 5.82. The lowest BCUT2D eigenvalue weighted by atomic mass is 9.87. The predicted molar refractivity (Wildman–Crippen MR) is 63.3 cm³/mol. The summed E-state index contributed by atoms with van der Waals surface area (Å²) in [6, 6.07) is 0.935. The number of hydrogen-bond donors (Lipinski definition) is 0. The summed E-state index contributed by atoms with van der Waals surface area (Å²) in [5.74, 6) is 1.28. The normalized spacial score (nSPS) is 38.9. The van der Waals surface area contributed by atoms with Gasteiger partial charge in [-0.15, -0.1) is 0 Å². The fraction of sp³-hybridized carbons (Fsp3) is 0.923. The number of carbonyl (C=O) groups excluding carboxylic acids is 1. The average molecular weight is 225 g/mol. The Morgan fingerprint density at radius 2 is 2.19 bits per heavy atom. The molecule has 16 heavy (non-hydrogen) atoms. The molecule has 0 spiro atoms. The summed E-state index contributed by atoms with van der Waals surface area (Å²) < 4.78 is 5.46. The van der Waals surface area contributed by atoms with Gasteiger partial charge < -0.3 is 4.74 Å². The molecule has 2 aliphatic heterocycles. The molecule has 0 aromatic heterocycles. The van der Waals surface area contributed by atoms with Crippen molar-refractivity contribution in [2.24, 2.45) is 11.8 Å². The van der Waals surface area contributed by atoms with Gasteiger partial charge in [-0.1, -0.05) is 6.92 Å². The van der Waals surface area contributed by atoms with Gasteiger partial charge in [-0.25, -0.2) is 0 Å². The second-order valence-electron chi connectivity index (χ2n) is 5.35. The van der Waals surface area contributed by atoms with Crippen molar-refractivity contribution in [3.63, 3.8) is 0 Å². The lowest BCUT2D eigenvalue weighted by Crippen LogP contribution is -2.52. The topological polar surface area (TPSA) is 29.5 Å². The van der Waals surface area contributed by atoms with Crippen LogP contribution in [0.4, 0.5) is 0 Å². The third-order valence-corrected chi connectivity index (χ3v) is 4.54. The van der Waals surface area contributed by atoms with Crippen LogP contribution in [-0.2, 0) is 9.53 Å². The Hall–Kier alpha value is -0.410. The van der Waals surface area contributed by atoms with Gasteiger partial charge in [0, 0.05) is 37.6 Å². The van der Waals surface area contributed by atoms with Gasteiger partial charge in [-0.2, -0.15) is 0 Å². The Labute approximate surface area is 98.1 Å². The van der Waals surface area contributed by atoms with Gasteiger partial charge in [-0.3, -0.25) is 9.69 Å². The van der Waals surface area contributed by atoms with Crippen molar-refractivity contribution in [2.45, 2.75) is 45.7 Å². The van der Waals surface area contributed by atoms with Gasteiger partial charge in [0.25, 0.3) is 0 Å². The van der Waals surface area contributed by atoms with Gasteiger partial charge in [0.1, 0.15) is 5.78 Å². The summed E-state index contributed by atoms with van der Waals surface area (Å²) >= 11 is 0. The van der Waals surface area contributed by atoms with E-state index in [1.807, 2.05) is 0 Å². The summed E-state index contributed by atoms with van der Waals surface area (Å²) in [6.45, 7) is 9.28. The minimum absolute atomic E-state index is 0.193. The van der Waals surface area contributed by atoms with Crippen molar-refractivity contribution in [3.05, 3.63) is 0 Å². The molecule has 0 bridgehead atoms. The van der Waals surface area contributed by atoms with Crippen LogP contribution in [0.3, 0.4) is 0 Å². The smallest absolute Gasteiger partial charge is 0.138 e. The molecule has 92 valence electrons. The molecule has 0 radical (unpaired) electrons. The number of likely N-dealkylation sites (tertiary alicyclic amines) is 1. The van der Waals surface area contributed by atoms with E-state index in [9.17, 15) is 4.79 Å². The standard InChI is InChI=1S/C13H23NO2/c1-9-10(2)14(6-4-13(9)15)11(3)12-5-7-16-8-12/h9-12H,4-8H2,1-3H3. The fourth-order valence-corrected chi connectivity index (χ4v) is 3.01. The lowest BCUT2D eigenvalue weighted by molar-refractivity contribution is -0.129. The van der Waals surface area contributed by atoms with E-state index in [4.69, 9.17) is 4.74 Å². The molecule has 0 aromatic rings. The molecule has 0 amide bonds. The van der Waals surface area contributed by atoms with Gasteiger partial charge in [0.2, 0.25) is 0 Å². The maximum Gasteiger partial charge on any atom is 0.138 e. The van der Waals surface area contributed by atoms with Crippen LogP contribution >= 0.6 is 0 Å². The molecule has 2 fully saturated rings. The Morgan fingerprint density at radius 3 is 2.81 bits per heavy atom. The average Bonchev–Trinajstić information content (AvgIpc) is 2.79. The number of Topliss-reactive ketones (excluding diaryl/α,β-unsaturated/α-hetero) is 1. The number of ketones is 1. The lowest BCUT2D eigenvalue weighted by Gasteiger charge is -2.42. The zero-order valence-corrected chi connectivity index (χ0v) is 10.6. The van der Waals surface area contributed by atoms with E-state index in [1.54, 1.807) is 0 Å². The molecule has 4 unspecified atom stereocenters. The summed E-state index contributed by atoms with van der Waals surface area (Å²) in [6.07, 6.45) is 1.90. The van der Waals surface area contributed by atoms with E-state index in [0.717, 1.165) is 26.2 Å². The number of hydrogen-bond acceptors (Lipinski definition) is 3. The first-order chi connectivity index (χ1) is 7.61. The molecule has 3 nitrogen and oxygen atoms in total. The zero-order chi connectivity index (χ0) is 11.7. The first kappa shape index (κ1) is 12.1. The minimum atomic E-state index is 0.193. The number of piperidine rings is 1. The molecular weight excluding hydrogens is 202 g/mol. The van der Waals surface area contributed by atoms with Gasteiger partial charge in [0.15, 0.2) is 0 Å². The van der Waals surface area contributed by atoms with Crippen molar-refractivity contribution in [3.8, 4) is 0 Å². The molecule has 0 aliphatic carbocycles. The first-order valence-electron chi connectivity index (χ1n) is 6.47. The third kappa shape index (κ3) is 2.16. The molecule has 0 saturated carbocycles. The van der Waals surface area contributed by atoms with E-state index in [0.29, 0.717) is 23.8 Å². The van der Waals surface area contributed by atoms with Gasteiger partial charge >= 0.3 is 0 Å². The Bertz CT molecular complexity index is 261. The quantitative estimate of drug-likeness (QED) is 0.716. The van der Waals surface area contributed by atoms with Crippen molar-refractivity contribution in [2.75, 3.05) is 19.8 Å². The minimum Gasteiger partial charge on any atom is -0.381 e. The monoisotopic (exact) mass is 225 g/mol. The maximum atomic E-state index is 11.6. The Balaban J connectivity index is 2.00. The fourth-order valence-electron chi connectivity index (χ4n) is 3.01. The summed E-state index contributed by atoms with van der Waals surface area (Å²) in [5.41, 5.74) is 0. The van der Waals surface area contributed by atoms with Gasteiger partial charge in [0.05, 0.1) is 6.61 Å². The SMILES string of the molecule is CC1C(=O)CCN(C(C)C2CCOC2)C1C. The zero-order valence-electron chi connectivity index (χ0n) is 10.6. The number of carbonyl (C=O) groups is 1. The van der Waals surface area contributed by atoms with Crippen LogP contribution in [0.1, 0.15) is 33.6 Å². The summed E-state index contributed by atoms with van der Waals surface area (Å²) in [5, 5.41) is 0. The molecular formula is C13H23NO2.